The minimum absolute atomic E-state index is 0.0279. The Bertz CT molecular complexity index is 691. The van der Waals surface area contributed by atoms with Gasteiger partial charge in [0.1, 0.15) is 5.82 Å². The predicted octanol–water partition coefficient (Wildman–Crippen LogP) is 4.52. The Kier molecular flexibility index (Phi) is 5.79. The van der Waals surface area contributed by atoms with Gasteiger partial charge in [-0.1, -0.05) is 37.5 Å². The summed E-state index contributed by atoms with van der Waals surface area (Å²) in [5.74, 6) is 0.378. The molecule has 0 bridgehead atoms. The van der Waals surface area contributed by atoms with Gasteiger partial charge in [0.05, 0.1) is 6.42 Å². The van der Waals surface area contributed by atoms with E-state index in [2.05, 4.69) is 17.2 Å². The van der Waals surface area contributed by atoms with E-state index in [1.807, 2.05) is 12.1 Å². The molecule has 25 heavy (non-hydrogen) atoms. The smallest absolute Gasteiger partial charge is 0.226 e. The maximum absolute atomic E-state index is 13.0. The zero-order chi connectivity index (χ0) is 17.6. The lowest BCUT2D eigenvalue weighted by molar-refractivity contribution is -0.121. The van der Waals surface area contributed by atoms with Gasteiger partial charge in [-0.2, -0.15) is 0 Å². The second kappa shape index (κ2) is 8.24. The number of hydrogen-bond acceptors (Lipinski definition) is 2. The molecule has 3 nitrogen and oxygen atoms in total. The zero-order valence-electron chi connectivity index (χ0n) is 14.7. The van der Waals surface area contributed by atoms with Gasteiger partial charge in [0.15, 0.2) is 0 Å². The quantitative estimate of drug-likeness (QED) is 0.870. The van der Waals surface area contributed by atoms with Gasteiger partial charge in [-0.25, -0.2) is 4.39 Å². The summed E-state index contributed by atoms with van der Waals surface area (Å²) in [6, 6.07) is 10.3. The van der Waals surface area contributed by atoms with Gasteiger partial charge >= 0.3 is 0 Å². The molecule has 4 heteroatoms. The van der Waals surface area contributed by atoms with E-state index in [1.54, 1.807) is 18.3 Å². The molecule has 0 aliphatic heterocycles. The van der Waals surface area contributed by atoms with Crippen LogP contribution in [0, 0.1) is 11.7 Å². The number of hydrogen-bond donors (Lipinski definition) is 1. The third-order valence-corrected chi connectivity index (χ3v) is 5.09. The molecule has 1 amide bonds. The van der Waals surface area contributed by atoms with Crippen LogP contribution in [0.4, 0.5) is 4.39 Å². The first-order valence-electron chi connectivity index (χ1n) is 9.12. The van der Waals surface area contributed by atoms with Gasteiger partial charge in [-0.05, 0) is 49.4 Å². The van der Waals surface area contributed by atoms with Crippen LogP contribution in [0.2, 0.25) is 0 Å². The van der Waals surface area contributed by atoms with E-state index in [0.29, 0.717) is 12.3 Å². The summed E-state index contributed by atoms with van der Waals surface area (Å²) in [5, 5.41) is 3.13. The average molecular weight is 340 g/mol. The molecule has 1 aromatic heterocycles. The Hall–Kier alpha value is -2.23. The van der Waals surface area contributed by atoms with Gasteiger partial charge in [-0.3, -0.25) is 9.78 Å². The number of nitrogens with one attached hydrogen (secondary N) is 1. The largest absolute Gasteiger partial charge is 0.353 e. The maximum atomic E-state index is 13.0. The number of nitrogens with zero attached hydrogens (tertiary/aromatic N) is 1. The molecule has 0 unspecified atom stereocenters. The molecule has 3 rings (SSSR count). The van der Waals surface area contributed by atoms with Gasteiger partial charge in [-0.15, -0.1) is 0 Å². The molecular formula is C21H25FN2O. The highest BCUT2D eigenvalue weighted by Crippen LogP contribution is 2.26. The summed E-state index contributed by atoms with van der Waals surface area (Å²) in [7, 11) is 0. The first-order chi connectivity index (χ1) is 12.1. The van der Waals surface area contributed by atoms with Crippen molar-refractivity contribution in [3.8, 4) is 11.1 Å². The van der Waals surface area contributed by atoms with Crippen LogP contribution in [-0.4, -0.2) is 16.9 Å². The van der Waals surface area contributed by atoms with Crippen LogP contribution in [0.15, 0.2) is 42.6 Å². The molecule has 1 aliphatic rings. The van der Waals surface area contributed by atoms with E-state index in [1.165, 1.54) is 44.2 Å². The number of benzene rings is 1. The third kappa shape index (κ3) is 4.88. The van der Waals surface area contributed by atoms with Crippen molar-refractivity contribution < 1.29 is 9.18 Å². The molecule has 0 radical (unpaired) electrons. The Morgan fingerprint density at radius 3 is 2.44 bits per heavy atom. The standard InChI is InChI=1S/C21H25FN2O/c1-15(16-5-3-2-4-6-16)24-21(25)13-20-12-9-18(14-23-20)17-7-10-19(22)11-8-17/h7-12,14-16H,2-6,13H2,1H3,(H,24,25)/t15-/m1/s1. The topological polar surface area (TPSA) is 42.0 Å². The lowest BCUT2D eigenvalue weighted by atomic mass is 9.84. The third-order valence-electron chi connectivity index (χ3n) is 5.09. The molecule has 132 valence electrons. The second-order valence-corrected chi connectivity index (χ2v) is 6.98. The average Bonchev–Trinajstić information content (AvgIpc) is 2.64. The lowest BCUT2D eigenvalue weighted by Gasteiger charge is -2.28. The van der Waals surface area contributed by atoms with Crippen molar-refractivity contribution in [2.75, 3.05) is 0 Å². The molecule has 1 aliphatic carbocycles. The van der Waals surface area contributed by atoms with Crippen molar-refractivity contribution in [1.82, 2.24) is 10.3 Å². The molecule has 1 atom stereocenters. The van der Waals surface area contributed by atoms with E-state index in [0.717, 1.165) is 16.8 Å². The highest BCUT2D eigenvalue weighted by atomic mass is 19.1. The predicted molar refractivity (Wildman–Crippen MR) is 97.5 cm³/mol. The SMILES string of the molecule is C[C@@H](NC(=O)Cc1ccc(-c2ccc(F)cc2)cn1)C1CCCCC1. The number of amides is 1. The van der Waals surface area contributed by atoms with Crippen molar-refractivity contribution >= 4 is 5.91 Å². The van der Waals surface area contributed by atoms with E-state index >= 15 is 0 Å². The van der Waals surface area contributed by atoms with E-state index in [4.69, 9.17) is 0 Å². The van der Waals surface area contributed by atoms with Gasteiger partial charge in [0, 0.05) is 23.5 Å². The fourth-order valence-corrected chi connectivity index (χ4v) is 3.56. The molecule has 1 fully saturated rings. The Balaban J connectivity index is 1.55. The fourth-order valence-electron chi connectivity index (χ4n) is 3.56. The van der Waals surface area contributed by atoms with Crippen LogP contribution >= 0.6 is 0 Å². The molecule has 2 aromatic rings. The number of aromatic nitrogens is 1. The van der Waals surface area contributed by atoms with E-state index in [-0.39, 0.29) is 17.8 Å². The first kappa shape index (κ1) is 17.6. The summed E-state index contributed by atoms with van der Waals surface area (Å²) in [4.78, 5) is 16.6. The summed E-state index contributed by atoms with van der Waals surface area (Å²) in [5.41, 5.74) is 2.58. The number of rotatable bonds is 5. The van der Waals surface area contributed by atoms with Gasteiger partial charge < -0.3 is 5.32 Å². The van der Waals surface area contributed by atoms with Crippen molar-refractivity contribution in [3.05, 3.63) is 54.1 Å². The van der Waals surface area contributed by atoms with Crippen LogP contribution < -0.4 is 5.32 Å². The minimum atomic E-state index is -0.253. The number of halogens is 1. The summed E-state index contributed by atoms with van der Waals surface area (Å²) >= 11 is 0. The maximum Gasteiger partial charge on any atom is 0.226 e. The first-order valence-corrected chi connectivity index (χ1v) is 9.12. The Labute approximate surface area is 148 Å². The van der Waals surface area contributed by atoms with Gasteiger partial charge in [0.2, 0.25) is 5.91 Å². The van der Waals surface area contributed by atoms with Crippen LogP contribution in [0.1, 0.15) is 44.7 Å². The highest BCUT2D eigenvalue weighted by Gasteiger charge is 2.21. The molecule has 1 saturated carbocycles. The minimum Gasteiger partial charge on any atom is -0.353 e. The number of pyridine rings is 1. The van der Waals surface area contributed by atoms with Crippen LogP contribution in [0.25, 0.3) is 11.1 Å². The van der Waals surface area contributed by atoms with Crippen molar-refractivity contribution in [3.63, 3.8) is 0 Å². The molecule has 0 saturated heterocycles. The zero-order valence-corrected chi connectivity index (χ0v) is 14.7. The Morgan fingerprint density at radius 2 is 1.80 bits per heavy atom. The summed E-state index contributed by atoms with van der Waals surface area (Å²) < 4.78 is 13.0. The van der Waals surface area contributed by atoms with Crippen molar-refractivity contribution in [2.24, 2.45) is 5.92 Å². The molecule has 1 aromatic carbocycles. The monoisotopic (exact) mass is 340 g/mol. The number of carbonyl (C=O) groups is 1. The normalized spacial score (nSPS) is 16.4. The van der Waals surface area contributed by atoms with Crippen LogP contribution in [0.5, 0.6) is 0 Å². The second-order valence-electron chi connectivity index (χ2n) is 6.98. The van der Waals surface area contributed by atoms with Crippen LogP contribution in [-0.2, 0) is 11.2 Å². The van der Waals surface area contributed by atoms with Crippen molar-refractivity contribution in [1.29, 1.82) is 0 Å². The van der Waals surface area contributed by atoms with E-state index in [9.17, 15) is 9.18 Å². The van der Waals surface area contributed by atoms with E-state index < -0.39 is 0 Å². The number of carbonyl (C=O) groups excluding carboxylic acids is 1. The lowest BCUT2D eigenvalue weighted by Crippen LogP contribution is -2.39. The summed E-state index contributed by atoms with van der Waals surface area (Å²) in [6.07, 6.45) is 8.33. The summed E-state index contributed by atoms with van der Waals surface area (Å²) in [6.45, 7) is 2.11. The molecule has 1 N–H and O–H groups in total. The highest BCUT2D eigenvalue weighted by molar-refractivity contribution is 5.78. The van der Waals surface area contributed by atoms with Crippen LogP contribution in [0.3, 0.4) is 0 Å². The molecule has 0 spiro atoms. The van der Waals surface area contributed by atoms with Crippen molar-refractivity contribution in [2.45, 2.75) is 51.5 Å². The Morgan fingerprint density at radius 1 is 1.12 bits per heavy atom. The molecular weight excluding hydrogens is 315 g/mol. The van der Waals surface area contributed by atoms with Gasteiger partial charge in [0.25, 0.3) is 0 Å². The fraction of sp³-hybridized carbons (Fsp3) is 0.429. The molecule has 1 heterocycles.